The third-order valence-electron chi connectivity index (χ3n) is 6.39. The number of benzene rings is 2. The summed E-state index contributed by atoms with van der Waals surface area (Å²) < 4.78 is 17.5. The van der Waals surface area contributed by atoms with Gasteiger partial charge in [0.25, 0.3) is 0 Å². The Morgan fingerprint density at radius 2 is 1.72 bits per heavy atom. The molecule has 148 valence electrons. The molecule has 7 nitrogen and oxygen atoms in total. The van der Waals surface area contributed by atoms with Crippen LogP contribution in [0.1, 0.15) is 24.0 Å². The first-order valence-corrected chi connectivity index (χ1v) is 9.90. The van der Waals surface area contributed by atoms with E-state index < -0.39 is 5.41 Å². The Kier molecular flexibility index (Phi) is 3.26. The highest BCUT2D eigenvalue weighted by molar-refractivity contribution is 6.14. The fraction of sp³-hybridized carbons (Fsp3) is 0.364. The summed E-state index contributed by atoms with van der Waals surface area (Å²) >= 11 is 0. The summed E-state index contributed by atoms with van der Waals surface area (Å²) in [6.45, 7) is 1.82. The molecule has 1 spiro atoms. The van der Waals surface area contributed by atoms with Gasteiger partial charge in [0.05, 0.1) is 11.4 Å². The largest absolute Gasteiger partial charge is 0.491 e. The van der Waals surface area contributed by atoms with Crippen LogP contribution in [0.15, 0.2) is 30.3 Å². The van der Waals surface area contributed by atoms with E-state index in [1.165, 1.54) is 0 Å². The molecule has 0 bridgehead atoms. The smallest absolute Gasteiger partial charge is 0.245 e. The Bertz CT molecular complexity index is 1080. The van der Waals surface area contributed by atoms with E-state index in [9.17, 15) is 9.59 Å². The summed E-state index contributed by atoms with van der Waals surface area (Å²) in [5.74, 6) is 1.93. The minimum Gasteiger partial charge on any atom is -0.491 e. The molecule has 7 heteroatoms. The van der Waals surface area contributed by atoms with Crippen molar-refractivity contribution in [2.45, 2.75) is 18.3 Å². The quantitative estimate of drug-likeness (QED) is 0.745. The summed E-state index contributed by atoms with van der Waals surface area (Å²) in [6.07, 6.45) is 1.36. The van der Waals surface area contributed by atoms with Crippen molar-refractivity contribution in [2.75, 3.05) is 43.2 Å². The summed E-state index contributed by atoms with van der Waals surface area (Å²) in [6, 6.07) is 9.46. The van der Waals surface area contributed by atoms with Crippen molar-refractivity contribution in [1.29, 1.82) is 0 Å². The van der Waals surface area contributed by atoms with Crippen LogP contribution in [-0.4, -0.2) is 45.2 Å². The second-order valence-electron chi connectivity index (χ2n) is 7.87. The minimum absolute atomic E-state index is 0.0537. The summed E-state index contributed by atoms with van der Waals surface area (Å²) in [7, 11) is 1.78. The van der Waals surface area contributed by atoms with Gasteiger partial charge < -0.3 is 24.0 Å². The molecule has 0 saturated carbocycles. The highest BCUT2D eigenvalue weighted by atomic mass is 16.6. The van der Waals surface area contributed by atoms with Crippen molar-refractivity contribution in [1.82, 2.24) is 0 Å². The number of carbonyl (C=O) groups excluding carboxylic acids is 2. The maximum atomic E-state index is 13.6. The Balaban J connectivity index is 1.61. The van der Waals surface area contributed by atoms with E-state index >= 15 is 0 Å². The summed E-state index contributed by atoms with van der Waals surface area (Å²) in [5.41, 5.74) is 2.25. The fourth-order valence-electron chi connectivity index (χ4n) is 5.05. The van der Waals surface area contributed by atoms with Crippen LogP contribution in [-0.2, 0) is 15.0 Å². The van der Waals surface area contributed by atoms with Crippen molar-refractivity contribution in [3.8, 4) is 17.2 Å². The average Bonchev–Trinajstić information content (AvgIpc) is 3.39. The van der Waals surface area contributed by atoms with Crippen molar-refractivity contribution < 1.29 is 23.8 Å². The molecule has 6 rings (SSSR count). The number of hydrogen-bond acceptors (Lipinski definition) is 5. The van der Waals surface area contributed by atoms with Crippen molar-refractivity contribution in [3.05, 3.63) is 41.5 Å². The highest BCUT2D eigenvalue weighted by Gasteiger charge is 2.58. The third-order valence-corrected chi connectivity index (χ3v) is 6.39. The van der Waals surface area contributed by atoms with Gasteiger partial charge in [-0.25, -0.2) is 0 Å². The first-order valence-electron chi connectivity index (χ1n) is 9.90. The molecule has 0 aromatic heterocycles. The van der Waals surface area contributed by atoms with Gasteiger partial charge in [0, 0.05) is 37.2 Å². The molecule has 0 aliphatic carbocycles. The van der Waals surface area contributed by atoms with E-state index in [-0.39, 0.29) is 18.4 Å². The summed E-state index contributed by atoms with van der Waals surface area (Å²) in [4.78, 5) is 29.7. The Morgan fingerprint density at radius 3 is 2.48 bits per heavy atom. The van der Waals surface area contributed by atoms with Crippen LogP contribution in [0.2, 0.25) is 0 Å². The molecule has 2 amide bonds. The summed E-state index contributed by atoms with van der Waals surface area (Å²) in [5, 5.41) is 0. The van der Waals surface area contributed by atoms with Gasteiger partial charge in [0.15, 0.2) is 11.5 Å². The van der Waals surface area contributed by atoms with Crippen LogP contribution >= 0.6 is 0 Å². The molecular weight excluding hydrogens is 372 g/mol. The van der Waals surface area contributed by atoms with Crippen molar-refractivity contribution in [3.63, 3.8) is 0 Å². The first kappa shape index (κ1) is 16.7. The molecule has 1 unspecified atom stereocenters. The molecule has 2 aromatic carbocycles. The number of likely N-dealkylation sites (N-methyl/N-ethyl adjacent to an activating group) is 1. The lowest BCUT2D eigenvalue weighted by atomic mass is 9.76. The number of rotatable bonds is 1. The fourth-order valence-corrected chi connectivity index (χ4v) is 5.05. The van der Waals surface area contributed by atoms with E-state index in [2.05, 4.69) is 0 Å². The Labute approximate surface area is 167 Å². The Morgan fingerprint density at radius 1 is 0.966 bits per heavy atom. The monoisotopic (exact) mass is 392 g/mol. The molecule has 0 radical (unpaired) electrons. The second-order valence-corrected chi connectivity index (χ2v) is 7.87. The number of ether oxygens (including phenoxy) is 3. The van der Waals surface area contributed by atoms with Gasteiger partial charge in [-0.1, -0.05) is 6.07 Å². The maximum absolute atomic E-state index is 13.6. The van der Waals surface area contributed by atoms with E-state index in [1.807, 2.05) is 35.2 Å². The van der Waals surface area contributed by atoms with Crippen LogP contribution in [0, 0.1) is 0 Å². The maximum Gasteiger partial charge on any atom is 0.245 e. The van der Waals surface area contributed by atoms with Crippen LogP contribution in [0.5, 0.6) is 17.2 Å². The third kappa shape index (κ3) is 2.02. The second kappa shape index (κ2) is 5.65. The molecule has 4 heterocycles. The molecule has 1 fully saturated rings. The number of carbonyl (C=O) groups is 2. The van der Waals surface area contributed by atoms with Gasteiger partial charge in [-0.15, -0.1) is 0 Å². The first-order chi connectivity index (χ1) is 14.1. The molecule has 29 heavy (non-hydrogen) atoms. The van der Waals surface area contributed by atoms with Gasteiger partial charge in [-0.05, 0) is 24.6 Å². The van der Waals surface area contributed by atoms with E-state index in [0.717, 1.165) is 28.9 Å². The zero-order valence-corrected chi connectivity index (χ0v) is 16.1. The number of fused-ring (bicyclic) bond motifs is 5. The van der Waals surface area contributed by atoms with Crippen LogP contribution in [0.4, 0.5) is 11.4 Å². The van der Waals surface area contributed by atoms with Gasteiger partial charge in [0.2, 0.25) is 11.8 Å². The topological polar surface area (TPSA) is 68.3 Å². The number of nitrogens with zero attached hydrogens (tertiary/aromatic N) is 2. The molecular formula is C22H20N2O5. The zero-order chi connectivity index (χ0) is 19.8. The standard InChI is InChI=1S/C22H20N2O5/c1-23-14-4-2-5-15(24-7-3-6-19(24)25)20(14)22(21(23)26)12-29-16-11-18-17(10-13(16)22)27-8-9-28-18/h2,4-5,10-11H,3,6-9,12H2,1H3. The predicted molar refractivity (Wildman–Crippen MR) is 105 cm³/mol. The van der Waals surface area contributed by atoms with Gasteiger partial charge in [-0.3, -0.25) is 9.59 Å². The lowest BCUT2D eigenvalue weighted by Crippen LogP contribution is -2.42. The molecule has 2 aromatic rings. The van der Waals surface area contributed by atoms with Gasteiger partial charge in [0.1, 0.15) is 31.0 Å². The lowest BCUT2D eigenvalue weighted by molar-refractivity contribution is -0.122. The highest BCUT2D eigenvalue weighted by Crippen LogP contribution is 2.57. The van der Waals surface area contributed by atoms with E-state index in [0.29, 0.717) is 43.4 Å². The van der Waals surface area contributed by atoms with E-state index in [4.69, 9.17) is 14.2 Å². The number of amides is 2. The van der Waals surface area contributed by atoms with Crippen molar-refractivity contribution >= 4 is 23.2 Å². The number of anilines is 2. The lowest BCUT2D eigenvalue weighted by Gasteiger charge is -2.27. The normalized spacial score (nSPS) is 24.2. The SMILES string of the molecule is CN1C(=O)C2(COc3cc4c(cc32)OCCO4)c2c1cccc2N1CCCC1=O. The molecule has 4 aliphatic rings. The molecule has 1 saturated heterocycles. The number of hydrogen-bond donors (Lipinski definition) is 0. The average molecular weight is 392 g/mol. The van der Waals surface area contributed by atoms with Crippen molar-refractivity contribution in [2.24, 2.45) is 0 Å². The van der Waals surface area contributed by atoms with Crippen LogP contribution < -0.4 is 24.0 Å². The molecule has 4 aliphatic heterocycles. The van der Waals surface area contributed by atoms with Crippen LogP contribution in [0.25, 0.3) is 0 Å². The van der Waals surface area contributed by atoms with Gasteiger partial charge in [-0.2, -0.15) is 0 Å². The molecule has 1 atom stereocenters. The molecule has 0 N–H and O–H groups in total. The predicted octanol–water partition coefficient (Wildman–Crippen LogP) is 2.24. The zero-order valence-electron chi connectivity index (χ0n) is 16.1. The van der Waals surface area contributed by atoms with Crippen LogP contribution in [0.3, 0.4) is 0 Å². The Hall–Kier alpha value is -3.22. The van der Waals surface area contributed by atoms with Gasteiger partial charge >= 0.3 is 0 Å². The van der Waals surface area contributed by atoms with E-state index in [1.54, 1.807) is 11.9 Å². The minimum atomic E-state index is -0.991.